The average molecular weight is 235 g/mol. The summed E-state index contributed by atoms with van der Waals surface area (Å²) in [4.78, 5) is 1.50. The summed E-state index contributed by atoms with van der Waals surface area (Å²) in [5.74, 6) is 1.27. The molecule has 1 nitrogen and oxygen atoms in total. The molecule has 1 N–H and O–H groups in total. The van der Waals surface area contributed by atoms with Gasteiger partial charge in [0.1, 0.15) is 0 Å². The standard InChI is InChI=1S/C14H21NS/c1-3-13(15-4-2)10-11-5-6-14-12(9-11)7-8-16-14/h5-6,9,13,15H,3-4,7-8,10H2,1-2H3. The molecule has 1 unspecified atom stereocenters. The van der Waals surface area contributed by atoms with Crippen molar-refractivity contribution in [1.82, 2.24) is 5.32 Å². The van der Waals surface area contributed by atoms with Gasteiger partial charge in [-0.2, -0.15) is 0 Å². The SMILES string of the molecule is CCNC(CC)Cc1ccc2c(c1)CCS2. The van der Waals surface area contributed by atoms with Crippen LogP contribution in [0.25, 0.3) is 0 Å². The fraction of sp³-hybridized carbons (Fsp3) is 0.571. The third-order valence-electron chi connectivity index (χ3n) is 3.22. The number of likely N-dealkylation sites (N-methyl/N-ethyl adjacent to an activating group) is 1. The average Bonchev–Trinajstić information content (AvgIpc) is 2.75. The molecule has 16 heavy (non-hydrogen) atoms. The van der Waals surface area contributed by atoms with Crippen LogP contribution in [0.2, 0.25) is 0 Å². The zero-order valence-electron chi connectivity index (χ0n) is 10.3. The first-order chi connectivity index (χ1) is 7.83. The lowest BCUT2D eigenvalue weighted by atomic mass is 10.0. The van der Waals surface area contributed by atoms with E-state index in [0.717, 1.165) is 6.54 Å². The van der Waals surface area contributed by atoms with E-state index in [1.165, 1.54) is 35.5 Å². The van der Waals surface area contributed by atoms with Crippen molar-refractivity contribution in [3.8, 4) is 0 Å². The van der Waals surface area contributed by atoms with E-state index in [1.54, 1.807) is 5.56 Å². The van der Waals surface area contributed by atoms with Crippen LogP contribution in [-0.4, -0.2) is 18.3 Å². The molecule has 1 aliphatic rings. The Bertz CT molecular complexity index is 349. The van der Waals surface area contributed by atoms with Crippen molar-refractivity contribution in [2.45, 2.75) is 44.0 Å². The summed E-state index contributed by atoms with van der Waals surface area (Å²) in [6, 6.07) is 7.66. The molecule has 1 aliphatic heterocycles. The number of hydrogen-bond donors (Lipinski definition) is 1. The van der Waals surface area contributed by atoms with Gasteiger partial charge in [-0.25, -0.2) is 0 Å². The highest BCUT2D eigenvalue weighted by atomic mass is 32.2. The van der Waals surface area contributed by atoms with Gasteiger partial charge >= 0.3 is 0 Å². The van der Waals surface area contributed by atoms with Crippen LogP contribution in [0.4, 0.5) is 0 Å². The van der Waals surface area contributed by atoms with E-state index >= 15 is 0 Å². The summed E-state index contributed by atoms with van der Waals surface area (Å²) < 4.78 is 0. The van der Waals surface area contributed by atoms with Crippen LogP contribution < -0.4 is 5.32 Å². The molecule has 2 rings (SSSR count). The molecule has 1 aromatic rings. The maximum Gasteiger partial charge on any atom is 0.0105 e. The summed E-state index contributed by atoms with van der Waals surface area (Å²) in [6.07, 6.45) is 3.63. The van der Waals surface area contributed by atoms with Crippen LogP contribution in [-0.2, 0) is 12.8 Å². The first kappa shape index (κ1) is 12.0. The van der Waals surface area contributed by atoms with Crippen molar-refractivity contribution in [2.24, 2.45) is 0 Å². The number of fused-ring (bicyclic) bond motifs is 1. The monoisotopic (exact) mass is 235 g/mol. The van der Waals surface area contributed by atoms with Crippen LogP contribution in [0.1, 0.15) is 31.4 Å². The van der Waals surface area contributed by atoms with Crippen molar-refractivity contribution >= 4 is 11.8 Å². The molecule has 0 saturated heterocycles. The number of nitrogens with one attached hydrogen (secondary N) is 1. The summed E-state index contributed by atoms with van der Waals surface area (Å²) in [5.41, 5.74) is 3.06. The zero-order chi connectivity index (χ0) is 11.4. The van der Waals surface area contributed by atoms with E-state index in [4.69, 9.17) is 0 Å². The summed E-state index contributed by atoms with van der Waals surface area (Å²) in [5, 5.41) is 3.54. The van der Waals surface area contributed by atoms with Crippen LogP contribution in [0.15, 0.2) is 23.1 Å². The zero-order valence-corrected chi connectivity index (χ0v) is 11.1. The Kier molecular flexibility index (Phi) is 4.30. The van der Waals surface area contributed by atoms with Crippen molar-refractivity contribution in [2.75, 3.05) is 12.3 Å². The minimum Gasteiger partial charge on any atom is -0.314 e. The molecule has 0 saturated carbocycles. The molecule has 0 fully saturated rings. The Morgan fingerprint density at radius 3 is 3.00 bits per heavy atom. The van der Waals surface area contributed by atoms with Crippen molar-refractivity contribution in [1.29, 1.82) is 0 Å². The molecular formula is C14H21NS. The highest BCUT2D eigenvalue weighted by Gasteiger charge is 2.13. The third-order valence-corrected chi connectivity index (χ3v) is 4.34. The smallest absolute Gasteiger partial charge is 0.0105 e. The lowest BCUT2D eigenvalue weighted by molar-refractivity contribution is 0.510. The Hall–Kier alpha value is -0.470. The fourth-order valence-electron chi connectivity index (χ4n) is 2.30. The molecule has 0 aliphatic carbocycles. The van der Waals surface area contributed by atoms with Gasteiger partial charge in [0.15, 0.2) is 0 Å². The number of aryl methyl sites for hydroxylation is 1. The van der Waals surface area contributed by atoms with Gasteiger partial charge in [0.05, 0.1) is 0 Å². The van der Waals surface area contributed by atoms with E-state index in [-0.39, 0.29) is 0 Å². The number of rotatable bonds is 5. The van der Waals surface area contributed by atoms with Crippen LogP contribution >= 0.6 is 11.8 Å². The molecule has 0 radical (unpaired) electrons. The molecule has 0 amide bonds. The lowest BCUT2D eigenvalue weighted by Gasteiger charge is -2.16. The normalized spacial score (nSPS) is 16.1. The van der Waals surface area contributed by atoms with E-state index < -0.39 is 0 Å². The Morgan fingerprint density at radius 1 is 1.38 bits per heavy atom. The van der Waals surface area contributed by atoms with Gasteiger partial charge in [-0.3, -0.25) is 0 Å². The molecule has 88 valence electrons. The van der Waals surface area contributed by atoms with Crippen LogP contribution in [0, 0.1) is 0 Å². The second-order valence-electron chi connectivity index (χ2n) is 4.41. The van der Waals surface area contributed by atoms with Crippen LogP contribution in [0.3, 0.4) is 0 Å². The largest absolute Gasteiger partial charge is 0.314 e. The van der Waals surface area contributed by atoms with Gasteiger partial charge in [0.2, 0.25) is 0 Å². The maximum atomic E-state index is 3.54. The number of thioether (sulfide) groups is 1. The minimum atomic E-state index is 0.636. The molecule has 1 heterocycles. The molecule has 0 spiro atoms. The topological polar surface area (TPSA) is 12.0 Å². The Balaban J connectivity index is 2.04. The quantitative estimate of drug-likeness (QED) is 0.840. The first-order valence-electron chi connectivity index (χ1n) is 6.31. The second-order valence-corrected chi connectivity index (χ2v) is 5.54. The number of hydrogen-bond acceptors (Lipinski definition) is 2. The second kappa shape index (κ2) is 5.74. The molecule has 0 aromatic heterocycles. The summed E-state index contributed by atoms with van der Waals surface area (Å²) >= 11 is 2.00. The van der Waals surface area contributed by atoms with Gasteiger partial charge < -0.3 is 5.32 Å². The van der Waals surface area contributed by atoms with E-state index in [2.05, 4.69) is 37.4 Å². The van der Waals surface area contributed by atoms with E-state index in [9.17, 15) is 0 Å². The first-order valence-corrected chi connectivity index (χ1v) is 7.30. The third kappa shape index (κ3) is 2.80. The maximum absolute atomic E-state index is 3.54. The molecule has 1 aromatic carbocycles. The predicted molar refractivity (Wildman–Crippen MR) is 72.3 cm³/mol. The Morgan fingerprint density at radius 2 is 2.25 bits per heavy atom. The molecule has 1 atom stereocenters. The lowest BCUT2D eigenvalue weighted by Crippen LogP contribution is -2.30. The fourth-order valence-corrected chi connectivity index (χ4v) is 3.35. The molecular weight excluding hydrogens is 214 g/mol. The summed E-state index contributed by atoms with van der Waals surface area (Å²) in [6.45, 7) is 5.51. The highest BCUT2D eigenvalue weighted by Crippen LogP contribution is 2.31. The minimum absolute atomic E-state index is 0.636. The van der Waals surface area contributed by atoms with Gasteiger partial charge in [-0.05, 0) is 43.0 Å². The van der Waals surface area contributed by atoms with Crippen molar-refractivity contribution in [3.63, 3.8) is 0 Å². The highest BCUT2D eigenvalue weighted by molar-refractivity contribution is 7.99. The van der Waals surface area contributed by atoms with Gasteiger partial charge in [-0.15, -0.1) is 11.8 Å². The molecule has 0 bridgehead atoms. The van der Waals surface area contributed by atoms with E-state index in [1.807, 2.05) is 11.8 Å². The molecule has 2 heteroatoms. The van der Waals surface area contributed by atoms with Crippen molar-refractivity contribution < 1.29 is 0 Å². The van der Waals surface area contributed by atoms with Crippen molar-refractivity contribution in [3.05, 3.63) is 29.3 Å². The summed E-state index contributed by atoms with van der Waals surface area (Å²) in [7, 11) is 0. The Labute approximate surface area is 103 Å². The van der Waals surface area contributed by atoms with Gasteiger partial charge in [0.25, 0.3) is 0 Å². The predicted octanol–water partition coefficient (Wildman–Crippen LogP) is 3.27. The van der Waals surface area contributed by atoms with E-state index in [0.29, 0.717) is 6.04 Å². The van der Waals surface area contributed by atoms with Gasteiger partial charge in [-0.1, -0.05) is 26.0 Å². The van der Waals surface area contributed by atoms with Gasteiger partial charge in [0, 0.05) is 16.7 Å². The van der Waals surface area contributed by atoms with Crippen LogP contribution in [0.5, 0.6) is 0 Å². The number of benzene rings is 1.